The van der Waals surface area contributed by atoms with Crippen molar-refractivity contribution in [1.82, 2.24) is 4.90 Å². The first-order valence-corrected chi connectivity index (χ1v) is 8.73. The zero-order chi connectivity index (χ0) is 18.0. The SMILES string of the molecule is CN(Cc1cc(C(N)=O)ccc1Oc1ccc2c(c1)CCS2)C(=O)O. The van der Waals surface area contributed by atoms with Crippen molar-refractivity contribution in [3.05, 3.63) is 53.1 Å². The summed E-state index contributed by atoms with van der Waals surface area (Å²) in [4.78, 5) is 24.9. The maximum atomic E-state index is 11.4. The number of hydrogen-bond donors (Lipinski definition) is 2. The number of benzene rings is 2. The molecule has 2 aromatic carbocycles. The van der Waals surface area contributed by atoms with E-state index in [1.54, 1.807) is 18.2 Å². The molecule has 0 aliphatic carbocycles. The van der Waals surface area contributed by atoms with Gasteiger partial charge in [0.2, 0.25) is 5.91 Å². The number of carbonyl (C=O) groups excluding carboxylic acids is 1. The molecule has 0 aromatic heterocycles. The van der Waals surface area contributed by atoms with Crippen LogP contribution < -0.4 is 10.5 Å². The second-order valence-corrected chi connectivity index (χ2v) is 6.93. The van der Waals surface area contributed by atoms with E-state index in [1.165, 1.54) is 17.5 Å². The van der Waals surface area contributed by atoms with Crippen LogP contribution in [0.15, 0.2) is 41.3 Å². The molecule has 1 heterocycles. The lowest BCUT2D eigenvalue weighted by Gasteiger charge is -2.17. The summed E-state index contributed by atoms with van der Waals surface area (Å²) in [6.45, 7) is 0.0899. The summed E-state index contributed by atoms with van der Waals surface area (Å²) in [6, 6.07) is 10.7. The molecule has 0 saturated carbocycles. The van der Waals surface area contributed by atoms with Gasteiger partial charge >= 0.3 is 6.09 Å². The summed E-state index contributed by atoms with van der Waals surface area (Å²) in [5, 5.41) is 9.10. The highest BCUT2D eigenvalue weighted by Crippen LogP contribution is 2.35. The third-order valence-electron chi connectivity index (χ3n) is 3.97. The van der Waals surface area contributed by atoms with Gasteiger partial charge in [-0.2, -0.15) is 0 Å². The van der Waals surface area contributed by atoms with Crippen LogP contribution >= 0.6 is 11.8 Å². The van der Waals surface area contributed by atoms with E-state index in [-0.39, 0.29) is 6.54 Å². The highest BCUT2D eigenvalue weighted by atomic mass is 32.2. The third-order valence-corrected chi connectivity index (χ3v) is 5.09. The maximum Gasteiger partial charge on any atom is 0.407 e. The quantitative estimate of drug-likeness (QED) is 0.855. The predicted octanol–water partition coefficient (Wildman–Crippen LogP) is 3.34. The number of nitrogens with zero attached hydrogens (tertiary/aromatic N) is 1. The molecule has 2 aromatic rings. The van der Waals surface area contributed by atoms with Crippen molar-refractivity contribution in [3.63, 3.8) is 0 Å². The van der Waals surface area contributed by atoms with E-state index in [4.69, 9.17) is 15.6 Å². The first-order valence-electron chi connectivity index (χ1n) is 7.74. The van der Waals surface area contributed by atoms with Gasteiger partial charge in [0, 0.05) is 28.8 Å². The molecular formula is C18H18N2O4S. The Morgan fingerprint density at radius 3 is 2.80 bits per heavy atom. The number of primary amides is 1. The average Bonchev–Trinajstić information content (AvgIpc) is 3.03. The molecule has 0 bridgehead atoms. The van der Waals surface area contributed by atoms with E-state index in [2.05, 4.69) is 0 Å². The molecule has 1 aliphatic rings. The first kappa shape index (κ1) is 17.2. The molecule has 0 atom stereocenters. The standard InChI is InChI=1S/C18H18N2O4S/c1-20(18(22)23)10-13-8-12(17(19)21)2-4-15(13)24-14-3-5-16-11(9-14)6-7-25-16/h2-5,8-9H,6-7,10H2,1H3,(H2,19,21)(H,22,23). The van der Waals surface area contributed by atoms with E-state index < -0.39 is 12.0 Å². The largest absolute Gasteiger partial charge is 0.465 e. The van der Waals surface area contributed by atoms with Crippen molar-refractivity contribution in [3.8, 4) is 11.5 Å². The molecule has 130 valence electrons. The van der Waals surface area contributed by atoms with Crippen molar-refractivity contribution in [2.75, 3.05) is 12.8 Å². The molecule has 25 heavy (non-hydrogen) atoms. The summed E-state index contributed by atoms with van der Waals surface area (Å²) in [5.41, 5.74) is 7.47. The fraction of sp³-hybridized carbons (Fsp3) is 0.222. The zero-order valence-corrected chi connectivity index (χ0v) is 14.5. The number of aryl methyl sites for hydroxylation is 1. The Morgan fingerprint density at radius 2 is 2.08 bits per heavy atom. The highest BCUT2D eigenvalue weighted by molar-refractivity contribution is 7.99. The lowest BCUT2D eigenvalue weighted by atomic mass is 10.1. The Labute approximate surface area is 149 Å². The first-order chi connectivity index (χ1) is 11.9. The molecule has 0 spiro atoms. The molecule has 2 amide bonds. The average molecular weight is 358 g/mol. The topological polar surface area (TPSA) is 92.9 Å². The summed E-state index contributed by atoms with van der Waals surface area (Å²) < 4.78 is 5.97. The fourth-order valence-corrected chi connectivity index (χ4v) is 3.68. The number of thioether (sulfide) groups is 1. The molecule has 1 aliphatic heterocycles. The Kier molecular flexibility index (Phi) is 4.85. The van der Waals surface area contributed by atoms with Gasteiger partial charge in [-0.15, -0.1) is 11.8 Å². The molecule has 7 heteroatoms. The van der Waals surface area contributed by atoms with Gasteiger partial charge in [-0.1, -0.05) is 0 Å². The number of carboxylic acid groups (broad SMARTS) is 1. The monoisotopic (exact) mass is 358 g/mol. The van der Waals surface area contributed by atoms with Crippen LogP contribution in [-0.2, 0) is 13.0 Å². The van der Waals surface area contributed by atoms with Crippen LogP contribution in [0.5, 0.6) is 11.5 Å². The Hall–Kier alpha value is -2.67. The molecule has 6 nitrogen and oxygen atoms in total. The van der Waals surface area contributed by atoms with Gasteiger partial charge in [-0.3, -0.25) is 4.79 Å². The van der Waals surface area contributed by atoms with Crippen LogP contribution in [0.4, 0.5) is 4.79 Å². The van der Waals surface area contributed by atoms with Crippen LogP contribution in [0.2, 0.25) is 0 Å². The molecule has 0 unspecified atom stereocenters. The number of amides is 2. The number of hydrogen-bond acceptors (Lipinski definition) is 4. The number of carbonyl (C=O) groups is 2. The lowest BCUT2D eigenvalue weighted by molar-refractivity contribution is 0.1000. The summed E-state index contributed by atoms with van der Waals surface area (Å²) in [6.07, 6.45) is -0.0585. The van der Waals surface area contributed by atoms with Gasteiger partial charge in [0.25, 0.3) is 0 Å². The fourth-order valence-electron chi connectivity index (χ4n) is 2.63. The summed E-state index contributed by atoms with van der Waals surface area (Å²) in [5.74, 6) is 1.69. The number of rotatable bonds is 5. The van der Waals surface area contributed by atoms with Crippen LogP contribution in [0.1, 0.15) is 21.5 Å². The maximum absolute atomic E-state index is 11.4. The molecule has 0 saturated heterocycles. The van der Waals surface area contributed by atoms with Crippen molar-refractivity contribution >= 4 is 23.8 Å². The third kappa shape index (κ3) is 3.88. The minimum atomic E-state index is -1.06. The van der Waals surface area contributed by atoms with E-state index in [1.807, 2.05) is 30.0 Å². The van der Waals surface area contributed by atoms with Crippen molar-refractivity contribution in [2.24, 2.45) is 5.73 Å². The molecular weight excluding hydrogens is 340 g/mol. The molecule has 0 radical (unpaired) electrons. The minimum Gasteiger partial charge on any atom is -0.465 e. The number of nitrogens with two attached hydrogens (primary N) is 1. The van der Waals surface area contributed by atoms with E-state index >= 15 is 0 Å². The highest BCUT2D eigenvalue weighted by Gasteiger charge is 2.16. The zero-order valence-electron chi connectivity index (χ0n) is 13.7. The van der Waals surface area contributed by atoms with Gasteiger partial charge in [0.05, 0.1) is 6.54 Å². The predicted molar refractivity (Wildman–Crippen MR) is 95.4 cm³/mol. The Balaban J connectivity index is 1.91. The van der Waals surface area contributed by atoms with Crippen LogP contribution in [0.25, 0.3) is 0 Å². The molecule has 3 N–H and O–H groups in total. The van der Waals surface area contributed by atoms with Crippen molar-refractivity contribution < 1.29 is 19.4 Å². The summed E-state index contributed by atoms with van der Waals surface area (Å²) in [7, 11) is 1.45. The van der Waals surface area contributed by atoms with Crippen molar-refractivity contribution in [1.29, 1.82) is 0 Å². The van der Waals surface area contributed by atoms with Crippen LogP contribution in [0.3, 0.4) is 0 Å². The van der Waals surface area contributed by atoms with Gasteiger partial charge in [0.1, 0.15) is 11.5 Å². The summed E-state index contributed by atoms with van der Waals surface area (Å²) >= 11 is 1.82. The number of ether oxygens (including phenoxy) is 1. The Bertz CT molecular complexity index is 838. The van der Waals surface area contributed by atoms with Gasteiger partial charge in [-0.25, -0.2) is 4.79 Å². The van der Waals surface area contributed by atoms with Crippen molar-refractivity contribution in [2.45, 2.75) is 17.9 Å². The minimum absolute atomic E-state index is 0.0899. The second kappa shape index (κ2) is 7.06. The number of fused-ring (bicyclic) bond motifs is 1. The van der Waals surface area contributed by atoms with Gasteiger partial charge in [-0.05, 0) is 48.4 Å². The van der Waals surface area contributed by atoms with E-state index in [9.17, 15) is 9.59 Å². The van der Waals surface area contributed by atoms with E-state index in [0.29, 0.717) is 22.6 Å². The molecule has 3 rings (SSSR count). The van der Waals surface area contributed by atoms with Gasteiger partial charge < -0.3 is 20.5 Å². The van der Waals surface area contributed by atoms with Crippen LogP contribution in [-0.4, -0.2) is 34.8 Å². The smallest absolute Gasteiger partial charge is 0.407 e. The second-order valence-electron chi connectivity index (χ2n) is 5.80. The van der Waals surface area contributed by atoms with Gasteiger partial charge in [0.15, 0.2) is 0 Å². The van der Waals surface area contributed by atoms with Crippen LogP contribution in [0, 0.1) is 0 Å². The Morgan fingerprint density at radius 1 is 1.28 bits per heavy atom. The lowest BCUT2D eigenvalue weighted by Crippen LogP contribution is -2.24. The normalized spacial score (nSPS) is 12.5. The van der Waals surface area contributed by atoms with E-state index in [0.717, 1.165) is 17.1 Å². The molecule has 0 fully saturated rings.